The van der Waals surface area contributed by atoms with Gasteiger partial charge in [-0.25, -0.2) is 4.79 Å². The van der Waals surface area contributed by atoms with Gasteiger partial charge in [0.1, 0.15) is 0 Å². The lowest BCUT2D eigenvalue weighted by atomic mass is 10.2. The summed E-state index contributed by atoms with van der Waals surface area (Å²) in [7, 11) is 3.27. The lowest BCUT2D eigenvalue weighted by Crippen LogP contribution is -2.34. The van der Waals surface area contributed by atoms with Crippen LogP contribution in [0.5, 0.6) is 0 Å². The molecule has 1 fully saturated rings. The Morgan fingerprint density at radius 2 is 1.94 bits per heavy atom. The number of likely N-dealkylation sites (N-methyl/N-ethyl adjacent to an activating group) is 1. The Labute approximate surface area is 96.3 Å². The largest absolute Gasteiger partial charge is 0.449 e. The van der Waals surface area contributed by atoms with E-state index >= 15 is 0 Å². The Hall–Kier alpha value is -1.32. The van der Waals surface area contributed by atoms with E-state index in [4.69, 9.17) is 4.74 Å². The number of hydrogen-bond acceptors (Lipinski definition) is 3. The van der Waals surface area contributed by atoms with Crippen LogP contribution in [0, 0.1) is 5.92 Å². The Morgan fingerprint density at radius 3 is 2.38 bits per heavy atom. The summed E-state index contributed by atoms with van der Waals surface area (Å²) in [4.78, 5) is 24.3. The second-order valence-electron chi connectivity index (χ2n) is 4.47. The van der Waals surface area contributed by atoms with Crippen molar-refractivity contribution in [3.05, 3.63) is 11.6 Å². The van der Waals surface area contributed by atoms with E-state index < -0.39 is 12.1 Å². The maximum Gasteiger partial charge on any atom is 0.331 e. The van der Waals surface area contributed by atoms with Crippen molar-refractivity contribution in [3.8, 4) is 0 Å². The van der Waals surface area contributed by atoms with Crippen LogP contribution < -0.4 is 0 Å². The van der Waals surface area contributed by atoms with Gasteiger partial charge in [0, 0.05) is 20.2 Å². The molecule has 0 spiro atoms. The first kappa shape index (κ1) is 12.7. The van der Waals surface area contributed by atoms with Crippen LogP contribution in [-0.2, 0) is 14.3 Å². The number of nitrogens with zero attached hydrogens (tertiary/aromatic N) is 1. The summed E-state index contributed by atoms with van der Waals surface area (Å²) >= 11 is 0. The van der Waals surface area contributed by atoms with Gasteiger partial charge in [0.05, 0.1) is 0 Å². The predicted molar refractivity (Wildman–Crippen MR) is 60.7 cm³/mol. The fourth-order valence-electron chi connectivity index (χ4n) is 1.46. The Morgan fingerprint density at radius 1 is 1.38 bits per heavy atom. The summed E-state index contributed by atoms with van der Waals surface area (Å²) in [6.45, 7) is 3.51. The van der Waals surface area contributed by atoms with Crippen LogP contribution in [-0.4, -0.2) is 37.0 Å². The molecule has 1 aliphatic rings. The Bertz CT molecular complexity index is 316. The molecule has 0 aromatic heterocycles. The van der Waals surface area contributed by atoms with Gasteiger partial charge in [0.15, 0.2) is 6.10 Å². The molecule has 0 bridgehead atoms. The first-order valence-corrected chi connectivity index (χ1v) is 5.51. The molecular formula is C12H19NO3. The van der Waals surface area contributed by atoms with E-state index in [1.807, 2.05) is 6.92 Å². The molecule has 1 amide bonds. The molecule has 0 aliphatic heterocycles. The second kappa shape index (κ2) is 5.14. The van der Waals surface area contributed by atoms with E-state index in [-0.39, 0.29) is 5.91 Å². The minimum absolute atomic E-state index is 0.203. The van der Waals surface area contributed by atoms with Crippen molar-refractivity contribution < 1.29 is 14.3 Å². The van der Waals surface area contributed by atoms with Gasteiger partial charge in [0.2, 0.25) is 0 Å². The molecule has 0 aromatic rings. The van der Waals surface area contributed by atoms with Crippen LogP contribution in [0.2, 0.25) is 0 Å². The van der Waals surface area contributed by atoms with Gasteiger partial charge in [-0.2, -0.15) is 0 Å². The highest BCUT2D eigenvalue weighted by atomic mass is 16.5. The van der Waals surface area contributed by atoms with Crippen LogP contribution in [0.15, 0.2) is 11.6 Å². The van der Waals surface area contributed by atoms with Crippen molar-refractivity contribution >= 4 is 11.9 Å². The zero-order valence-electron chi connectivity index (χ0n) is 10.3. The average molecular weight is 225 g/mol. The van der Waals surface area contributed by atoms with Gasteiger partial charge in [-0.3, -0.25) is 4.79 Å². The van der Waals surface area contributed by atoms with Crippen molar-refractivity contribution in [2.24, 2.45) is 5.92 Å². The van der Waals surface area contributed by atoms with Crippen molar-refractivity contribution in [1.82, 2.24) is 4.90 Å². The zero-order valence-corrected chi connectivity index (χ0v) is 10.3. The van der Waals surface area contributed by atoms with Crippen LogP contribution in [0.4, 0.5) is 0 Å². The molecule has 0 saturated heterocycles. The molecule has 4 nitrogen and oxygen atoms in total. The summed E-state index contributed by atoms with van der Waals surface area (Å²) in [5, 5.41) is 0. The monoisotopic (exact) mass is 225 g/mol. The molecule has 1 unspecified atom stereocenters. The lowest BCUT2D eigenvalue weighted by molar-refractivity contribution is -0.153. The highest BCUT2D eigenvalue weighted by molar-refractivity contribution is 5.87. The van der Waals surface area contributed by atoms with Gasteiger partial charge in [0.25, 0.3) is 5.91 Å². The number of esters is 1. The van der Waals surface area contributed by atoms with E-state index in [0.717, 1.165) is 18.4 Å². The highest BCUT2D eigenvalue weighted by Crippen LogP contribution is 2.35. The number of ether oxygens (including phenoxy) is 1. The van der Waals surface area contributed by atoms with Gasteiger partial charge >= 0.3 is 5.97 Å². The molecule has 0 radical (unpaired) electrons. The molecule has 0 N–H and O–H groups in total. The second-order valence-corrected chi connectivity index (χ2v) is 4.47. The fraction of sp³-hybridized carbons (Fsp3) is 0.667. The average Bonchev–Trinajstić information content (AvgIpc) is 2.98. The van der Waals surface area contributed by atoms with Gasteiger partial charge in [-0.15, -0.1) is 0 Å². The Kier molecular flexibility index (Phi) is 4.10. The third kappa shape index (κ3) is 3.68. The van der Waals surface area contributed by atoms with Gasteiger partial charge in [-0.1, -0.05) is 5.57 Å². The normalized spacial score (nSPS) is 17.9. The van der Waals surface area contributed by atoms with Crippen LogP contribution >= 0.6 is 0 Å². The maximum atomic E-state index is 11.5. The fourth-order valence-corrected chi connectivity index (χ4v) is 1.46. The van der Waals surface area contributed by atoms with Crippen molar-refractivity contribution in [2.45, 2.75) is 32.8 Å². The summed E-state index contributed by atoms with van der Waals surface area (Å²) in [5.74, 6) is -0.0784. The molecule has 1 saturated carbocycles. The number of carbonyl (C=O) groups is 2. The van der Waals surface area contributed by atoms with Crippen LogP contribution in [0.25, 0.3) is 0 Å². The standard InChI is InChI=1S/C12H19NO3/c1-8(10-5-6-10)7-11(14)16-9(2)12(15)13(3)4/h7,9-10H,5-6H2,1-4H3. The summed E-state index contributed by atoms with van der Waals surface area (Å²) < 4.78 is 5.02. The summed E-state index contributed by atoms with van der Waals surface area (Å²) in [5.41, 5.74) is 1.05. The van der Waals surface area contributed by atoms with E-state index in [2.05, 4.69) is 0 Å². The number of carbonyl (C=O) groups excluding carboxylic acids is 2. The lowest BCUT2D eigenvalue weighted by Gasteiger charge is -2.16. The molecule has 90 valence electrons. The molecule has 0 heterocycles. The topological polar surface area (TPSA) is 46.6 Å². The van der Waals surface area contributed by atoms with E-state index in [9.17, 15) is 9.59 Å². The molecule has 1 rings (SSSR count). The zero-order chi connectivity index (χ0) is 12.3. The first-order chi connectivity index (χ1) is 7.41. The molecular weight excluding hydrogens is 206 g/mol. The van der Waals surface area contributed by atoms with Crippen molar-refractivity contribution in [1.29, 1.82) is 0 Å². The molecule has 4 heteroatoms. The van der Waals surface area contributed by atoms with Gasteiger partial charge in [-0.05, 0) is 32.6 Å². The summed E-state index contributed by atoms with van der Waals surface area (Å²) in [6, 6.07) is 0. The van der Waals surface area contributed by atoms with E-state index in [1.165, 1.54) is 11.0 Å². The van der Waals surface area contributed by atoms with Crippen LogP contribution in [0.3, 0.4) is 0 Å². The maximum absolute atomic E-state index is 11.5. The third-order valence-corrected chi connectivity index (χ3v) is 2.65. The number of hydrogen-bond donors (Lipinski definition) is 0. The minimum Gasteiger partial charge on any atom is -0.449 e. The first-order valence-electron chi connectivity index (χ1n) is 5.51. The highest BCUT2D eigenvalue weighted by Gasteiger charge is 2.24. The molecule has 16 heavy (non-hydrogen) atoms. The van der Waals surface area contributed by atoms with Crippen molar-refractivity contribution in [2.75, 3.05) is 14.1 Å². The predicted octanol–water partition coefficient (Wildman–Crippen LogP) is 1.36. The number of allylic oxidation sites excluding steroid dienone is 1. The SMILES string of the molecule is CC(=CC(=O)OC(C)C(=O)N(C)C)C1CC1. The van der Waals surface area contributed by atoms with E-state index in [0.29, 0.717) is 5.92 Å². The quantitative estimate of drug-likeness (QED) is 0.536. The molecule has 1 atom stereocenters. The minimum atomic E-state index is -0.717. The van der Waals surface area contributed by atoms with Crippen molar-refractivity contribution in [3.63, 3.8) is 0 Å². The van der Waals surface area contributed by atoms with Gasteiger partial charge < -0.3 is 9.64 Å². The van der Waals surface area contributed by atoms with E-state index in [1.54, 1.807) is 21.0 Å². The Balaban J connectivity index is 2.44. The number of rotatable bonds is 4. The van der Waals surface area contributed by atoms with Crippen LogP contribution in [0.1, 0.15) is 26.7 Å². The molecule has 1 aliphatic carbocycles. The third-order valence-electron chi connectivity index (χ3n) is 2.65. The molecule has 0 aromatic carbocycles. The smallest absolute Gasteiger partial charge is 0.331 e. The summed E-state index contributed by atoms with van der Waals surface area (Å²) in [6.07, 6.45) is 3.09. The number of amides is 1.